The molecule has 0 N–H and O–H groups in total. The van der Waals surface area contributed by atoms with Gasteiger partial charge in [-0.2, -0.15) is 5.10 Å². The molecular formula is C21H18Cl3N3O2. The van der Waals surface area contributed by atoms with E-state index in [1.807, 2.05) is 12.1 Å². The number of benzene rings is 2. The van der Waals surface area contributed by atoms with Gasteiger partial charge in [0.1, 0.15) is 12.0 Å². The van der Waals surface area contributed by atoms with Crippen LogP contribution in [0.1, 0.15) is 30.9 Å². The summed E-state index contributed by atoms with van der Waals surface area (Å²) in [4.78, 5) is 26.0. The SMILES string of the molecule is O=CC1CCCN1C(=O)C1=NN(c2ccc(Cl)cc2Cl)C(c2ccc(Cl)cc2)C1. The van der Waals surface area contributed by atoms with Gasteiger partial charge in [0.25, 0.3) is 5.91 Å². The highest BCUT2D eigenvalue weighted by molar-refractivity contribution is 6.40. The van der Waals surface area contributed by atoms with Crippen molar-refractivity contribution in [3.63, 3.8) is 0 Å². The molecule has 0 bridgehead atoms. The van der Waals surface area contributed by atoms with Crippen molar-refractivity contribution < 1.29 is 9.59 Å². The van der Waals surface area contributed by atoms with Crippen LogP contribution in [0, 0.1) is 0 Å². The van der Waals surface area contributed by atoms with Crippen LogP contribution in [-0.4, -0.2) is 35.4 Å². The summed E-state index contributed by atoms with van der Waals surface area (Å²) in [6.45, 7) is 0.564. The van der Waals surface area contributed by atoms with Crippen LogP contribution in [0.4, 0.5) is 5.69 Å². The fraction of sp³-hybridized carbons (Fsp3) is 0.286. The van der Waals surface area contributed by atoms with E-state index in [1.165, 1.54) is 0 Å². The largest absolute Gasteiger partial charge is 0.328 e. The van der Waals surface area contributed by atoms with E-state index in [1.54, 1.807) is 40.2 Å². The number of hydrogen-bond acceptors (Lipinski definition) is 4. The second-order valence-corrected chi connectivity index (χ2v) is 8.38. The second-order valence-electron chi connectivity index (χ2n) is 7.10. The van der Waals surface area contributed by atoms with E-state index < -0.39 is 0 Å². The summed E-state index contributed by atoms with van der Waals surface area (Å²) in [5.41, 5.74) is 2.03. The topological polar surface area (TPSA) is 53.0 Å². The molecular weight excluding hydrogens is 433 g/mol. The standard InChI is InChI=1S/C21H18Cl3N3O2/c22-14-5-3-13(4-6-14)20-11-18(21(29)26-9-1-2-16(26)12-28)25-27(20)19-8-7-15(23)10-17(19)24/h3-8,10,12,16,20H,1-2,9,11H2. The summed E-state index contributed by atoms with van der Waals surface area (Å²) in [6, 6.07) is 12.0. The third kappa shape index (κ3) is 4.00. The smallest absolute Gasteiger partial charge is 0.270 e. The van der Waals surface area contributed by atoms with Crippen LogP contribution in [-0.2, 0) is 9.59 Å². The lowest BCUT2D eigenvalue weighted by Crippen LogP contribution is -2.40. The fourth-order valence-electron chi connectivity index (χ4n) is 3.82. The van der Waals surface area contributed by atoms with Crippen LogP contribution in [0.15, 0.2) is 47.6 Å². The molecule has 0 aromatic heterocycles. The number of halogens is 3. The average molecular weight is 451 g/mol. The van der Waals surface area contributed by atoms with Crippen molar-refractivity contribution >= 4 is 58.4 Å². The van der Waals surface area contributed by atoms with Crippen LogP contribution < -0.4 is 5.01 Å². The Kier molecular flexibility index (Phi) is 5.81. The third-order valence-electron chi connectivity index (χ3n) is 5.29. The zero-order valence-electron chi connectivity index (χ0n) is 15.4. The quantitative estimate of drug-likeness (QED) is 0.606. The Morgan fingerprint density at radius 1 is 1.07 bits per heavy atom. The molecule has 2 aliphatic heterocycles. The van der Waals surface area contributed by atoms with E-state index in [0.717, 1.165) is 18.3 Å². The van der Waals surface area contributed by atoms with Crippen LogP contribution in [0.3, 0.4) is 0 Å². The minimum atomic E-state index is -0.382. The van der Waals surface area contributed by atoms with E-state index in [9.17, 15) is 9.59 Å². The van der Waals surface area contributed by atoms with Crippen molar-refractivity contribution in [3.05, 3.63) is 63.1 Å². The van der Waals surface area contributed by atoms with E-state index in [2.05, 4.69) is 5.10 Å². The van der Waals surface area contributed by atoms with E-state index in [0.29, 0.717) is 45.9 Å². The van der Waals surface area contributed by atoms with Crippen molar-refractivity contribution in [2.45, 2.75) is 31.3 Å². The number of carbonyl (C=O) groups excluding carboxylic acids is 2. The normalized spacial score (nSPS) is 21.4. The van der Waals surface area contributed by atoms with Gasteiger partial charge in [-0.05, 0) is 48.7 Å². The molecule has 150 valence electrons. The number of anilines is 1. The number of hydrazone groups is 1. The maximum absolute atomic E-state index is 13.1. The van der Waals surface area contributed by atoms with Crippen molar-refractivity contribution in [1.29, 1.82) is 0 Å². The van der Waals surface area contributed by atoms with Crippen molar-refractivity contribution in [2.24, 2.45) is 5.10 Å². The molecule has 1 saturated heterocycles. The first-order chi connectivity index (χ1) is 14.0. The van der Waals surface area contributed by atoms with Gasteiger partial charge in [-0.25, -0.2) is 0 Å². The molecule has 2 aromatic carbocycles. The Labute approximate surface area is 183 Å². The molecule has 0 spiro atoms. The highest BCUT2D eigenvalue weighted by atomic mass is 35.5. The number of likely N-dealkylation sites (tertiary alicyclic amines) is 1. The maximum Gasteiger partial charge on any atom is 0.270 e. The lowest BCUT2D eigenvalue weighted by atomic mass is 10.0. The first-order valence-corrected chi connectivity index (χ1v) is 10.4. The number of rotatable bonds is 4. The fourth-order valence-corrected chi connectivity index (χ4v) is 4.45. The molecule has 2 aromatic rings. The zero-order chi connectivity index (χ0) is 20.5. The predicted molar refractivity (Wildman–Crippen MR) is 116 cm³/mol. The maximum atomic E-state index is 13.1. The first kappa shape index (κ1) is 20.2. The molecule has 2 unspecified atom stereocenters. The highest BCUT2D eigenvalue weighted by Gasteiger charge is 2.38. The van der Waals surface area contributed by atoms with Gasteiger partial charge in [-0.1, -0.05) is 46.9 Å². The highest BCUT2D eigenvalue weighted by Crippen LogP contribution is 2.40. The summed E-state index contributed by atoms with van der Waals surface area (Å²) in [7, 11) is 0. The number of amides is 1. The molecule has 0 aliphatic carbocycles. The van der Waals surface area contributed by atoms with Gasteiger partial charge in [-0.3, -0.25) is 9.80 Å². The molecule has 2 atom stereocenters. The zero-order valence-corrected chi connectivity index (χ0v) is 17.7. The van der Waals surface area contributed by atoms with Gasteiger partial charge >= 0.3 is 0 Å². The molecule has 0 radical (unpaired) electrons. The Balaban J connectivity index is 1.71. The Hall–Kier alpha value is -2.08. The Morgan fingerprint density at radius 2 is 1.79 bits per heavy atom. The Morgan fingerprint density at radius 3 is 2.48 bits per heavy atom. The summed E-state index contributed by atoms with van der Waals surface area (Å²) < 4.78 is 0. The minimum absolute atomic E-state index is 0.203. The van der Waals surface area contributed by atoms with Gasteiger partial charge in [0.05, 0.1) is 22.8 Å². The Bertz CT molecular complexity index is 978. The van der Waals surface area contributed by atoms with Gasteiger partial charge in [0.2, 0.25) is 0 Å². The van der Waals surface area contributed by atoms with E-state index in [-0.39, 0.29) is 18.0 Å². The van der Waals surface area contributed by atoms with Gasteiger partial charge in [0, 0.05) is 23.0 Å². The van der Waals surface area contributed by atoms with E-state index in [4.69, 9.17) is 34.8 Å². The second kappa shape index (κ2) is 8.34. The molecule has 29 heavy (non-hydrogen) atoms. The van der Waals surface area contributed by atoms with Gasteiger partial charge in [-0.15, -0.1) is 0 Å². The molecule has 4 rings (SSSR count). The predicted octanol–water partition coefficient (Wildman–Crippen LogP) is 5.14. The first-order valence-electron chi connectivity index (χ1n) is 9.31. The molecule has 2 heterocycles. The monoisotopic (exact) mass is 449 g/mol. The average Bonchev–Trinajstić information content (AvgIpc) is 3.35. The minimum Gasteiger partial charge on any atom is -0.328 e. The lowest BCUT2D eigenvalue weighted by Gasteiger charge is -2.25. The molecule has 5 nitrogen and oxygen atoms in total. The van der Waals surface area contributed by atoms with Crippen molar-refractivity contribution in [2.75, 3.05) is 11.6 Å². The molecule has 8 heteroatoms. The van der Waals surface area contributed by atoms with Crippen molar-refractivity contribution in [1.82, 2.24) is 4.90 Å². The van der Waals surface area contributed by atoms with Crippen LogP contribution in [0.2, 0.25) is 15.1 Å². The van der Waals surface area contributed by atoms with Gasteiger partial charge < -0.3 is 9.69 Å². The van der Waals surface area contributed by atoms with Gasteiger partial charge in [0.15, 0.2) is 0 Å². The molecule has 0 saturated carbocycles. The third-order valence-corrected chi connectivity index (χ3v) is 6.08. The summed E-state index contributed by atoms with van der Waals surface area (Å²) >= 11 is 18.5. The molecule has 1 fully saturated rings. The molecule has 1 amide bonds. The van der Waals surface area contributed by atoms with Crippen molar-refractivity contribution in [3.8, 4) is 0 Å². The number of nitrogens with zero attached hydrogens (tertiary/aromatic N) is 3. The van der Waals surface area contributed by atoms with Crippen LogP contribution in [0.25, 0.3) is 0 Å². The van der Waals surface area contributed by atoms with Crippen LogP contribution in [0.5, 0.6) is 0 Å². The summed E-state index contributed by atoms with van der Waals surface area (Å²) in [6.07, 6.45) is 2.75. The summed E-state index contributed by atoms with van der Waals surface area (Å²) in [5, 5.41) is 7.97. The number of aldehydes is 1. The number of hydrogen-bond donors (Lipinski definition) is 0. The lowest BCUT2D eigenvalue weighted by molar-refractivity contribution is -0.128. The molecule has 2 aliphatic rings. The number of carbonyl (C=O) groups is 2. The van der Waals surface area contributed by atoms with Crippen LogP contribution >= 0.6 is 34.8 Å². The van der Waals surface area contributed by atoms with E-state index >= 15 is 0 Å². The summed E-state index contributed by atoms with van der Waals surface area (Å²) in [5.74, 6) is -0.203.